The van der Waals surface area contributed by atoms with Crippen molar-refractivity contribution in [2.75, 3.05) is 18.5 Å². The van der Waals surface area contributed by atoms with Crippen LogP contribution in [0.3, 0.4) is 0 Å². The Hall–Kier alpha value is -2.27. The molecule has 6 heteroatoms. The lowest BCUT2D eigenvalue weighted by Crippen LogP contribution is -2.16. The van der Waals surface area contributed by atoms with Crippen LogP contribution in [0.4, 0.5) is 10.1 Å². The minimum atomic E-state index is -0.490. The van der Waals surface area contributed by atoms with Crippen LogP contribution in [0.15, 0.2) is 36.4 Å². The number of ether oxygens (including phenoxy) is 2. The predicted octanol–water partition coefficient (Wildman–Crippen LogP) is 3.50. The number of hydrogen-bond acceptors (Lipinski definition) is 3. The highest BCUT2D eigenvalue weighted by molar-refractivity contribution is 6.34. The monoisotopic (exact) mass is 307 g/mol. The topological polar surface area (TPSA) is 47.6 Å². The molecule has 108 valence electrons. The molecule has 1 aliphatic heterocycles. The lowest BCUT2D eigenvalue weighted by Gasteiger charge is -2.19. The Morgan fingerprint density at radius 2 is 1.86 bits per heavy atom. The van der Waals surface area contributed by atoms with Gasteiger partial charge in [-0.25, -0.2) is 4.39 Å². The van der Waals surface area contributed by atoms with Gasteiger partial charge in [-0.15, -0.1) is 0 Å². The number of amides is 1. The first-order valence-corrected chi connectivity index (χ1v) is 6.67. The molecule has 21 heavy (non-hydrogen) atoms. The number of halogens is 2. The molecule has 0 atom stereocenters. The van der Waals surface area contributed by atoms with Crippen molar-refractivity contribution in [2.24, 2.45) is 0 Å². The van der Waals surface area contributed by atoms with Crippen molar-refractivity contribution in [3.05, 3.63) is 52.8 Å². The maximum Gasteiger partial charge on any atom is 0.257 e. The number of carbonyl (C=O) groups is 1. The number of nitrogens with one attached hydrogen (secondary N) is 1. The molecule has 0 aliphatic carbocycles. The van der Waals surface area contributed by atoms with Crippen molar-refractivity contribution >= 4 is 23.2 Å². The third-order valence-corrected chi connectivity index (χ3v) is 3.29. The highest BCUT2D eigenvalue weighted by Crippen LogP contribution is 2.32. The molecule has 1 aliphatic rings. The van der Waals surface area contributed by atoms with Crippen LogP contribution in [-0.4, -0.2) is 19.1 Å². The normalized spacial score (nSPS) is 12.9. The average molecular weight is 308 g/mol. The van der Waals surface area contributed by atoms with E-state index in [4.69, 9.17) is 21.1 Å². The minimum Gasteiger partial charge on any atom is -0.486 e. The molecule has 3 rings (SSSR count). The summed E-state index contributed by atoms with van der Waals surface area (Å²) in [6.07, 6.45) is 0. The van der Waals surface area contributed by atoms with Crippen LogP contribution in [-0.2, 0) is 0 Å². The SMILES string of the molecule is O=C(Nc1ccc2c(c1)OCCO2)c1ccc(F)cc1Cl. The van der Waals surface area contributed by atoms with Gasteiger partial charge in [0.25, 0.3) is 5.91 Å². The molecule has 0 bridgehead atoms. The van der Waals surface area contributed by atoms with Gasteiger partial charge in [0.2, 0.25) is 0 Å². The largest absolute Gasteiger partial charge is 0.486 e. The predicted molar refractivity (Wildman–Crippen MR) is 76.8 cm³/mol. The van der Waals surface area contributed by atoms with Gasteiger partial charge >= 0.3 is 0 Å². The van der Waals surface area contributed by atoms with E-state index in [0.717, 1.165) is 6.07 Å². The van der Waals surface area contributed by atoms with Crippen molar-refractivity contribution in [3.63, 3.8) is 0 Å². The number of hydrogen-bond donors (Lipinski definition) is 1. The van der Waals surface area contributed by atoms with Gasteiger partial charge in [0.15, 0.2) is 11.5 Å². The fourth-order valence-electron chi connectivity index (χ4n) is 1.99. The quantitative estimate of drug-likeness (QED) is 0.923. The summed E-state index contributed by atoms with van der Waals surface area (Å²) >= 11 is 5.86. The lowest BCUT2D eigenvalue weighted by molar-refractivity contribution is 0.102. The zero-order valence-electron chi connectivity index (χ0n) is 10.9. The molecular weight excluding hydrogens is 297 g/mol. The molecule has 2 aromatic carbocycles. The Morgan fingerprint density at radius 3 is 2.62 bits per heavy atom. The third kappa shape index (κ3) is 2.92. The minimum absolute atomic E-state index is 0.0602. The van der Waals surface area contributed by atoms with Crippen molar-refractivity contribution in [1.82, 2.24) is 0 Å². The van der Waals surface area contributed by atoms with E-state index in [1.165, 1.54) is 12.1 Å². The van der Waals surface area contributed by atoms with E-state index >= 15 is 0 Å². The molecule has 0 fully saturated rings. The van der Waals surface area contributed by atoms with Gasteiger partial charge in [-0.2, -0.15) is 0 Å². The first-order valence-electron chi connectivity index (χ1n) is 6.29. The van der Waals surface area contributed by atoms with Gasteiger partial charge in [-0.3, -0.25) is 4.79 Å². The van der Waals surface area contributed by atoms with Crippen LogP contribution >= 0.6 is 11.6 Å². The second-order valence-electron chi connectivity index (χ2n) is 4.44. The van der Waals surface area contributed by atoms with Gasteiger partial charge in [-0.05, 0) is 30.3 Å². The number of benzene rings is 2. The average Bonchev–Trinajstić information content (AvgIpc) is 2.47. The standard InChI is InChI=1S/C15H11ClFNO3/c16-12-7-9(17)1-3-11(12)15(19)18-10-2-4-13-14(8-10)21-6-5-20-13/h1-4,7-8H,5-6H2,(H,18,19). The smallest absolute Gasteiger partial charge is 0.257 e. The Morgan fingerprint density at radius 1 is 1.10 bits per heavy atom. The van der Waals surface area contributed by atoms with Gasteiger partial charge in [0, 0.05) is 11.8 Å². The van der Waals surface area contributed by atoms with Crippen molar-refractivity contribution in [1.29, 1.82) is 0 Å². The van der Waals surface area contributed by atoms with E-state index < -0.39 is 11.7 Å². The summed E-state index contributed by atoms with van der Waals surface area (Å²) < 4.78 is 23.8. The van der Waals surface area contributed by atoms with Gasteiger partial charge in [0.1, 0.15) is 19.0 Å². The highest BCUT2D eigenvalue weighted by atomic mass is 35.5. The summed E-state index contributed by atoms with van der Waals surface area (Å²) in [6, 6.07) is 8.71. The van der Waals surface area contributed by atoms with Crippen LogP contribution in [0.25, 0.3) is 0 Å². The Bertz CT molecular complexity index is 705. The first-order chi connectivity index (χ1) is 10.1. The summed E-state index contributed by atoms with van der Waals surface area (Å²) in [4.78, 5) is 12.1. The molecule has 2 aromatic rings. The Labute approximate surface area is 125 Å². The summed E-state index contributed by atoms with van der Waals surface area (Å²) in [5, 5.41) is 2.75. The molecule has 0 saturated heterocycles. The zero-order valence-corrected chi connectivity index (χ0v) is 11.6. The van der Waals surface area contributed by atoms with Crippen LogP contribution in [0.1, 0.15) is 10.4 Å². The number of fused-ring (bicyclic) bond motifs is 1. The maximum absolute atomic E-state index is 13.0. The van der Waals surface area contributed by atoms with E-state index in [1.54, 1.807) is 18.2 Å². The fraction of sp³-hybridized carbons (Fsp3) is 0.133. The van der Waals surface area contributed by atoms with Gasteiger partial charge < -0.3 is 14.8 Å². The number of anilines is 1. The van der Waals surface area contributed by atoms with Gasteiger partial charge in [-0.1, -0.05) is 11.6 Å². The molecule has 0 aromatic heterocycles. The molecule has 1 amide bonds. The first kappa shape index (κ1) is 13.7. The van der Waals surface area contributed by atoms with E-state index in [0.29, 0.717) is 30.4 Å². The van der Waals surface area contributed by atoms with Crippen LogP contribution in [0, 0.1) is 5.82 Å². The second-order valence-corrected chi connectivity index (χ2v) is 4.84. The van der Waals surface area contributed by atoms with E-state index in [1.807, 2.05) is 0 Å². The van der Waals surface area contributed by atoms with Crippen molar-refractivity contribution < 1.29 is 18.7 Å². The Kier molecular flexibility index (Phi) is 3.66. The Balaban J connectivity index is 1.81. The number of rotatable bonds is 2. The van der Waals surface area contributed by atoms with Crippen molar-refractivity contribution in [2.45, 2.75) is 0 Å². The molecule has 4 nitrogen and oxygen atoms in total. The van der Waals surface area contributed by atoms with Gasteiger partial charge in [0.05, 0.1) is 10.6 Å². The van der Waals surface area contributed by atoms with E-state index in [2.05, 4.69) is 5.32 Å². The van der Waals surface area contributed by atoms with Crippen LogP contribution in [0.2, 0.25) is 5.02 Å². The van der Waals surface area contributed by atoms with Crippen LogP contribution < -0.4 is 14.8 Å². The molecule has 0 radical (unpaired) electrons. The number of carbonyl (C=O) groups excluding carboxylic acids is 1. The molecular formula is C15H11ClFNO3. The molecule has 0 unspecified atom stereocenters. The zero-order chi connectivity index (χ0) is 14.8. The molecule has 1 heterocycles. The molecule has 0 saturated carbocycles. The van der Waals surface area contributed by atoms with E-state index in [9.17, 15) is 9.18 Å². The third-order valence-electron chi connectivity index (χ3n) is 2.98. The fourth-order valence-corrected chi connectivity index (χ4v) is 2.25. The van der Waals surface area contributed by atoms with Crippen LogP contribution in [0.5, 0.6) is 11.5 Å². The maximum atomic E-state index is 13.0. The van der Waals surface area contributed by atoms with Crippen molar-refractivity contribution in [3.8, 4) is 11.5 Å². The molecule has 1 N–H and O–H groups in total. The highest BCUT2D eigenvalue weighted by Gasteiger charge is 2.15. The molecule has 0 spiro atoms. The van der Waals surface area contributed by atoms with E-state index in [-0.39, 0.29) is 10.6 Å². The summed E-state index contributed by atoms with van der Waals surface area (Å²) in [7, 11) is 0. The summed E-state index contributed by atoms with van der Waals surface area (Å²) in [5.41, 5.74) is 0.748. The summed E-state index contributed by atoms with van der Waals surface area (Å²) in [6.45, 7) is 0.970. The lowest BCUT2D eigenvalue weighted by atomic mass is 10.2. The second kappa shape index (κ2) is 5.61. The summed E-state index contributed by atoms with van der Waals surface area (Å²) in [5.74, 6) is 0.302.